The Morgan fingerprint density at radius 3 is 2.26 bits per heavy atom. The van der Waals surface area contributed by atoms with Crippen LogP contribution in [0.1, 0.15) is 34.6 Å². The van der Waals surface area contributed by atoms with Crippen LogP contribution in [0.25, 0.3) is 11.1 Å². The predicted octanol–water partition coefficient (Wildman–Crippen LogP) is 7.64. The number of carboxylic acids is 1. The van der Waals surface area contributed by atoms with Crippen LogP contribution in [-0.2, 0) is 11.4 Å². The second-order valence-corrected chi connectivity index (χ2v) is 8.66. The summed E-state index contributed by atoms with van der Waals surface area (Å²) in [6.07, 6.45) is -0.0806. The fraction of sp³-hybridized carbons (Fsp3) is 0.138. The highest BCUT2D eigenvalue weighted by molar-refractivity contribution is 6.30. The molecule has 0 saturated heterocycles. The molecule has 4 aromatic rings. The summed E-state index contributed by atoms with van der Waals surface area (Å²) in [6, 6.07) is 27.4. The first-order chi connectivity index (χ1) is 16.4. The number of rotatable bonds is 8. The molecule has 0 aliphatic carbocycles. The SMILES string of the molecule is Cc1cc(Cl)ccc1-c1cccc(COc2ccc(C(CC(=O)O)c3ccc(F)cc3)cc2)c1. The number of carboxylic acid groups (broad SMARTS) is 1. The van der Waals surface area contributed by atoms with Crippen LogP contribution >= 0.6 is 11.6 Å². The molecule has 0 radical (unpaired) electrons. The van der Waals surface area contributed by atoms with Crippen LogP contribution in [-0.4, -0.2) is 11.1 Å². The molecule has 4 aromatic carbocycles. The van der Waals surface area contributed by atoms with Crippen molar-refractivity contribution in [1.29, 1.82) is 0 Å². The molecule has 5 heteroatoms. The van der Waals surface area contributed by atoms with E-state index in [9.17, 15) is 14.3 Å². The Morgan fingerprint density at radius 2 is 1.62 bits per heavy atom. The predicted molar refractivity (Wildman–Crippen MR) is 133 cm³/mol. The van der Waals surface area contributed by atoms with Gasteiger partial charge in [-0.1, -0.05) is 60.1 Å². The number of benzene rings is 4. The first-order valence-electron chi connectivity index (χ1n) is 10.9. The number of aliphatic carboxylic acids is 1. The second-order valence-electron chi connectivity index (χ2n) is 8.22. The van der Waals surface area contributed by atoms with Gasteiger partial charge in [-0.3, -0.25) is 4.79 Å². The highest BCUT2D eigenvalue weighted by atomic mass is 35.5. The maximum Gasteiger partial charge on any atom is 0.304 e. The van der Waals surface area contributed by atoms with Crippen LogP contribution in [0.5, 0.6) is 5.75 Å². The topological polar surface area (TPSA) is 46.5 Å². The molecule has 0 spiro atoms. The number of aryl methyl sites for hydroxylation is 1. The lowest BCUT2D eigenvalue weighted by Crippen LogP contribution is -2.08. The Balaban J connectivity index is 1.47. The summed E-state index contributed by atoms with van der Waals surface area (Å²) >= 11 is 6.09. The summed E-state index contributed by atoms with van der Waals surface area (Å²) in [5.74, 6) is -0.946. The minimum absolute atomic E-state index is 0.0806. The van der Waals surface area contributed by atoms with Gasteiger partial charge in [0, 0.05) is 10.9 Å². The summed E-state index contributed by atoms with van der Waals surface area (Å²) in [5.41, 5.74) is 5.96. The third-order valence-corrected chi connectivity index (χ3v) is 6.00. The Labute approximate surface area is 203 Å². The van der Waals surface area contributed by atoms with Crippen LogP contribution < -0.4 is 4.74 Å². The van der Waals surface area contributed by atoms with E-state index in [1.807, 2.05) is 61.5 Å². The van der Waals surface area contributed by atoms with Crippen molar-refractivity contribution in [2.45, 2.75) is 25.9 Å². The highest BCUT2D eigenvalue weighted by Crippen LogP contribution is 2.30. The van der Waals surface area contributed by atoms with E-state index < -0.39 is 5.97 Å². The van der Waals surface area contributed by atoms with E-state index in [1.165, 1.54) is 12.1 Å². The zero-order chi connectivity index (χ0) is 24.1. The average molecular weight is 475 g/mol. The normalized spacial score (nSPS) is 11.7. The minimum atomic E-state index is -0.912. The Kier molecular flexibility index (Phi) is 7.29. The van der Waals surface area contributed by atoms with Gasteiger partial charge in [0.2, 0.25) is 0 Å². The number of hydrogen-bond acceptors (Lipinski definition) is 2. The minimum Gasteiger partial charge on any atom is -0.489 e. The summed E-state index contributed by atoms with van der Waals surface area (Å²) < 4.78 is 19.3. The van der Waals surface area contributed by atoms with Gasteiger partial charge in [-0.25, -0.2) is 4.39 Å². The van der Waals surface area contributed by atoms with Gasteiger partial charge in [0.15, 0.2) is 0 Å². The van der Waals surface area contributed by atoms with Crippen LogP contribution in [0, 0.1) is 12.7 Å². The zero-order valence-electron chi connectivity index (χ0n) is 18.7. The van der Waals surface area contributed by atoms with Crippen molar-refractivity contribution in [2.75, 3.05) is 0 Å². The molecule has 0 aliphatic heterocycles. The monoisotopic (exact) mass is 474 g/mol. The molecule has 3 nitrogen and oxygen atoms in total. The lowest BCUT2D eigenvalue weighted by molar-refractivity contribution is -0.137. The molecule has 172 valence electrons. The van der Waals surface area contributed by atoms with Gasteiger partial charge in [0.05, 0.1) is 6.42 Å². The third-order valence-electron chi connectivity index (χ3n) is 5.77. The summed E-state index contributed by atoms with van der Waals surface area (Å²) in [5, 5.41) is 10.1. The molecule has 0 aliphatic rings. The van der Waals surface area contributed by atoms with Crippen molar-refractivity contribution in [3.8, 4) is 16.9 Å². The molecule has 1 unspecified atom stereocenters. The molecule has 0 heterocycles. The van der Waals surface area contributed by atoms with E-state index in [4.69, 9.17) is 16.3 Å². The number of halogens is 2. The molecule has 0 bridgehead atoms. The molecule has 1 atom stereocenters. The van der Waals surface area contributed by atoms with Crippen molar-refractivity contribution in [1.82, 2.24) is 0 Å². The fourth-order valence-corrected chi connectivity index (χ4v) is 4.27. The Morgan fingerprint density at radius 1 is 0.941 bits per heavy atom. The smallest absolute Gasteiger partial charge is 0.304 e. The van der Waals surface area contributed by atoms with Gasteiger partial charge in [0.25, 0.3) is 0 Å². The molecule has 0 aromatic heterocycles. The van der Waals surface area contributed by atoms with E-state index in [-0.39, 0.29) is 18.2 Å². The molecule has 0 saturated carbocycles. The second kappa shape index (κ2) is 10.5. The van der Waals surface area contributed by atoms with E-state index >= 15 is 0 Å². The van der Waals surface area contributed by atoms with Crippen molar-refractivity contribution < 1.29 is 19.0 Å². The van der Waals surface area contributed by atoms with Gasteiger partial charge in [0.1, 0.15) is 18.2 Å². The highest BCUT2D eigenvalue weighted by Gasteiger charge is 2.18. The number of carbonyl (C=O) groups is 1. The summed E-state index contributed by atoms with van der Waals surface area (Å²) in [7, 11) is 0. The quantitative estimate of drug-likeness (QED) is 0.285. The standard InChI is InChI=1S/C29H24ClFO3/c1-19-15-24(30)9-14-27(19)23-4-2-3-20(16-23)18-34-26-12-7-22(8-13-26)28(17-29(32)33)21-5-10-25(31)11-6-21/h2-16,28H,17-18H2,1H3,(H,32,33). The lowest BCUT2D eigenvalue weighted by atomic mass is 9.88. The third kappa shape index (κ3) is 5.83. The van der Waals surface area contributed by atoms with Crippen molar-refractivity contribution in [2.24, 2.45) is 0 Å². The summed E-state index contributed by atoms with van der Waals surface area (Å²) in [6.45, 7) is 2.44. The van der Waals surface area contributed by atoms with Crippen LogP contribution in [0.4, 0.5) is 4.39 Å². The Hall–Kier alpha value is -3.63. The fourth-order valence-electron chi connectivity index (χ4n) is 4.04. The van der Waals surface area contributed by atoms with E-state index in [0.717, 1.165) is 33.4 Å². The molecule has 34 heavy (non-hydrogen) atoms. The van der Waals surface area contributed by atoms with Crippen LogP contribution in [0.3, 0.4) is 0 Å². The zero-order valence-corrected chi connectivity index (χ0v) is 19.4. The maximum absolute atomic E-state index is 13.3. The van der Waals surface area contributed by atoms with Crippen LogP contribution in [0.2, 0.25) is 5.02 Å². The van der Waals surface area contributed by atoms with E-state index in [1.54, 1.807) is 12.1 Å². The Bertz CT molecular complexity index is 1280. The summed E-state index contributed by atoms with van der Waals surface area (Å²) in [4.78, 5) is 11.4. The van der Waals surface area contributed by atoms with Gasteiger partial charge < -0.3 is 9.84 Å². The average Bonchev–Trinajstić information content (AvgIpc) is 2.82. The van der Waals surface area contributed by atoms with Crippen molar-refractivity contribution in [3.05, 3.63) is 124 Å². The van der Waals surface area contributed by atoms with Gasteiger partial charge >= 0.3 is 5.97 Å². The first-order valence-corrected chi connectivity index (χ1v) is 11.3. The van der Waals surface area contributed by atoms with Gasteiger partial charge in [-0.15, -0.1) is 0 Å². The van der Waals surface area contributed by atoms with Gasteiger partial charge in [-0.2, -0.15) is 0 Å². The number of hydrogen-bond donors (Lipinski definition) is 1. The van der Waals surface area contributed by atoms with Gasteiger partial charge in [-0.05, 0) is 82.8 Å². The van der Waals surface area contributed by atoms with Crippen LogP contribution in [0.15, 0.2) is 91.0 Å². The molecule has 4 rings (SSSR count). The largest absolute Gasteiger partial charge is 0.489 e. The van der Waals surface area contributed by atoms with E-state index in [0.29, 0.717) is 17.4 Å². The maximum atomic E-state index is 13.3. The van der Waals surface area contributed by atoms with Crippen molar-refractivity contribution in [3.63, 3.8) is 0 Å². The lowest BCUT2D eigenvalue weighted by Gasteiger charge is -2.17. The molecular formula is C29H24ClFO3. The first kappa shape index (κ1) is 23.5. The molecule has 0 fully saturated rings. The number of ether oxygens (including phenoxy) is 1. The molecule has 0 amide bonds. The van der Waals surface area contributed by atoms with E-state index in [2.05, 4.69) is 12.1 Å². The van der Waals surface area contributed by atoms with Crippen molar-refractivity contribution >= 4 is 17.6 Å². The molecule has 1 N–H and O–H groups in total. The molecular weight excluding hydrogens is 451 g/mol.